The average Bonchev–Trinajstić information content (AvgIpc) is 3.23. The number of nitrogens with zero attached hydrogens (tertiary/aromatic N) is 1. The zero-order chi connectivity index (χ0) is 14.9. The molecule has 0 aromatic heterocycles. The topological polar surface area (TPSA) is 96.9 Å². The van der Waals surface area contributed by atoms with Gasteiger partial charge in [0.25, 0.3) is 0 Å². The summed E-state index contributed by atoms with van der Waals surface area (Å²) in [6.07, 6.45) is 1.12. The predicted molar refractivity (Wildman–Crippen MR) is 76.4 cm³/mol. The van der Waals surface area contributed by atoms with E-state index in [0.717, 1.165) is 5.56 Å². The molecule has 20 heavy (non-hydrogen) atoms. The van der Waals surface area contributed by atoms with Gasteiger partial charge in [0.15, 0.2) is 5.84 Å². The maximum Gasteiger partial charge on any atom is 0.238 e. The minimum atomic E-state index is -0.909. The van der Waals surface area contributed by atoms with E-state index in [9.17, 15) is 4.79 Å². The van der Waals surface area contributed by atoms with E-state index in [4.69, 9.17) is 27.3 Å². The minimum absolute atomic E-state index is 0.0698. The number of amides is 1. The number of rotatable bonds is 4. The number of hydrogen-bond donors (Lipinski definition) is 3. The number of ether oxygens (including phenoxy) is 1. The monoisotopic (exact) mass is 297 g/mol. The van der Waals surface area contributed by atoms with Gasteiger partial charge in [0.2, 0.25) is 5.91 Å². The van der Waals surface area contributed by atoms with E-state index >= 15 is 0 Å². The van der Waals surface area contributed by atoms with Crippen molar-refractivity contribution in [2.24, 2.45) is 16.3 Å². The van der Waals surface area contributed by atoms with Gasteiger partial charge >= 0.3 is 0 Å². The standard InChI is InChI=1S/C13H16ClN3O3/c1-7-5-9(10(20-2)6-8(7)14)16-12(18)13(3-4-13)11(15)17-19/h5-6,19H,3-4H2,1-2H3,(H2,15,17)(H,16,18). The molecule has 2 rings (SSSR count). The van der Waals surface area contributed by atoms with Crippen molar-refractivity contribution in [2.75, 3.05) is 12.4 Å². The van der Waals surface area contributed by atoms with Gasteiger partial charge in [-0.1, -0.05) is 16.8 Å². The Morgan fingerprint density at radius 1 is 1.55 bits per heavy atom. The van der Waals surface area contributed by atoms with Gasteiger partial charge in [0, 0.05) is 11.1 Å². The van der Waals surface area contributed by atoms with Gasteiger partial charge in [0.1, 0.15) is 11.2 Å². The molecule has 0 unspecified atom stereocenters. The number of halogens is 1. The quantitative estimate of drug-likeness (QED) is 0.343. The molecule has 1 aliphatic rings. The molecule has 0 radical (unpaired) electrons. The number of carbonyl (C=O) groups is 1. The van der Waals surface area contributed by atoms with Crippen LogP contribution < -0.4 is 15.8 Å². The maximum atomic E-state index is 12.3. The van der Waals surface area contributed by atoms with Crippen molar-refractivity contribution in [1.82, 2.24) is 0 Å². The van der Waals surface area contributed by atoms with Crippen LogP contribution in [0, 0.1) is 12.3 Å². The maximum absolute atomic E-state index is 12.3. The second-order valence-corrected chi connectivity index (χ2v) is 5.23. The van der Waals surface area contributed by atoms with Crippen LogP contribution in [-0.4, -0.2) is 24.1 Å². The third kappa shape index (κ3) is 2.38. The number of oxime groups is 1. The zero-order valence-electron chi connectivity index (χ0n) is 11.2. The van der Waals surface area contributed by atoms with Crippen LogP contribution >= 0.6 is 11.6 Å². The Morgan fingerprint density at radius 3 is 2.70 bits per heavy atom. The normalized spacial score (nSPS) is 16.6. The van der Waals surface area contributed by atoms with E-state index in [1.807, 2.05) is 6.92 Å². The van der Waals surface area contributed by atoms with Gasteiger partial charge in [-0.25, -0.2) is 0 Å². The van der Waals surface area contributed by atoms with Crippen LogP contribution in [-0.2, 0) is 4.79 Å². The summed E-state index contributed by atoms with van der Waals surface area (Å²) in [5.41, 5.74) is 6.00. The van der Waals surface area contributed by atoms with E-state index in [2.05, 4.69) is 10.5 Å². The SMILES string of the molecule is COc1cc(Cl)c(C)cc1NC(=O)C1(/C(N)=N/O)CC1. The second-order valence-electron chi connectivity index (χ2n) is 4.82. The van der Waals surface area contributed by atoms with E-state index in [0.29, 0.717) is 29.3 Å². The van der Waals surface area contributed by atoms with Crippen molar-refractivity contribution < 1.29 is 14.7 Å². The van der Waals surface area contributed by atoms with Crippen LogP contribution in [0.3, 0.4) is 0 Å². The second kappa shape index (κ2) is 5.20. The number of hydrogen-bond acceptors (Lipinski definition) is 4. The molecule has 0 heterocycles. The number of methoxy groups -OCH3 is 1. The van der Waals surface area contributed by atoms with Crippen LogP contribution in [0.1, 0.15) is 18.4 Å². The Hall–Kier alpha value is -1.95. The lowest BCUT2D eigenvalue weighted by atomic mass is 10.0. The third-order valence-corrected chi connectivity index (χ3v) is 3.92. The fourth-order valence-electron chi connectivity index (χ4n) is 1.99. The highest BCUT2D eigenvalue weighted by Crippen LogP contribution is 2.47. The summed E-state index contributed by atoms with van der Waals surface area (Å²) in [4.78, 5) is 12.3. The van der Waals surface area contributed by atoms with E-state index in [-0.39, 0.29) is 11.7 Å². The molecular formula is C13H16ClN3O3. The third-order valence-electron chi connectivity index (χ3n) is 3.51. The molecule has 1 amide bonds. The Bertz CT molecular complexity index is 582. The highest BCUT2D eigenvalue weighted by atomic mass is 35.5. The molecule has 6 nitrogen and oxygen atoms in total. The molecule has 0 atom stereocenters. The summed E-state index contributed by atoms with van der Waals surface area (Å²) in [5, 5.41) is 15.0. The van der Waals surface area contributed by atoms with Crippen LogP contribution in [0.15, 0.2) is 17.3 Å². The smallest absolute Gasteiger partial charge is 0.238 e. The number of aryl methyl sites for hydroxylation is 1. The molecule has 1 aromatic carbocycles. The highest BCUT2D eigenvalue weighted by Gasteiger charge is 2.54. The molecule has 1 aliphatic carbocycles. The molecule has 108 valence electrons. The molecule has 1 fully saturated rings. The van der Waals surface area contributed by atoms with Crippen molar-refractivity contribution in [2.45, 2.75) is 19.8 Å². The first kappa shape index (κ1) is 14.5. The molecule has 0 bridgehead atoms. The van der Waals surface area contributed by atoms with E-state index < -0.39 is 5.41 Å². The largest absolute Gasteiger partial charge is 0.495 e. The van der Waals surface area contributed by atoms with Crippen LogP contribution in [0.25, 0.3) is 0 Å². The summed E-state index contributed by atoms with van der Waals surface area (Å²) in [5.74, 6) is 0.0803. The number of carbonyl (C=O) groups excluding carboxylic acids is 1. The van der Waals surface area contributed by atoms with Gasteiger partial charge < -0.3 is 21.0 Å². The van der Waals surface area contributed by atoms with Gasteiger partial charge in [-0.2, -0.15) is 0 Å². The van der Waals surface area contributed by atoms with Crippen molar-refractivity contribution in [3.63, 3.8) is 0 Å². The number of nitrogens with one attached hydrogen (secondary N) is 1. The Balaban J connectivity index is 2.27. The fraction of sp³-hybridized carbons (Fsp3) is 0.385. The van der Waals surface area contributed by atoms with Gasteiger partial charge in [-0.15, -0.1) is 0 Å². The van der Waals surface area contributed by atoms with Crippen molar-refractivity contribution >= 4 is 29.0 Å². The van der Waals surface area contributed by atoms with Crippen molar-refractivity contribution in [1.29, 1.82) is 0 Å². The molecule has 1 saturated carbocycles. The predicted octanol–water partition coefficient (Wildman–Crippen LogP) is 2.12. The average molecular weight is 298 g/mol. The zero-order valence-corrected chi connectivity index (χ0v) is 12.0. The summed E-state index contributed by atoms with van der Waals surface area (Å²) < 4.78 is 5.19. The van der Waals surface area contributed by atoms with Gasteiger partial charge in [-0.3, -0.25) is 4.79 Å². The van der Waals surface area contributed by atoms with E-state index in [1.54, 1.807) is 12.1 Å². The number of nitrogens with two attached hydrogens (primary N) is 1. The molecule has 4 N–H and O–H groups in total. The number of benzene rings is 1. The summed E-state index contributed by atoms with van der Waals surface area (Å²) in [6, 6.07) is 3.36. The summed E-state index contributed by atoms with van der Waals surface area (Å²) >= 11 is 6.01. The van der Waals surface area contributed by atoms with Crippen LogP contribution in [0.4, 0.5) is 5.69 Å². The minimum Gasteiger partial charge on any atom is -0.495 e. The fourth-order valence-corrected chi connectivity index (χ4v) is 2.15. The molecular weight excluding hydrogens is 282 g/mol. The molecule has 0 saturated heterocycles. The number of anilines is 1. The lowest BCUT2D eigenvalue weighted by Gasteiger charge is -2.16. The number of amidine groups is 1. The van der Waals surface area contributed by atoms with Gasteiger partial charge in [-0.05, 0) is 31.4 Å². The van der Waals surface area contributed by atoms with E-state index in [1.165, 1.54) is 7.11 Å². The molecule has 0 aliphatic heterocycles. The van der Waals surface area contributed by atoms with Crippen LogP contribution in [0.5, 0.6) is 5.75 Å². The summed E-state index contributed by atoms with van der Waals surface area (Å²) in [6.45, 7) is 1.83. The molecule has 1 aromatic rings. The summed E-state index contributed by atoms with van der Waals surface area (Å²) in [7, 11) is 1.49. The van der Waals surface area contributed by atoms with Gasteiger partial charge in [0.05, 0.1) is 12.8 Å². The molecule has 7 heteroatoms. The Morgan fingerprint density at radius 2 is 2.20 bits per heavy atom. The van der Waals surface area contributed by atoms with Crippen LogP contribution in [0.2, 0.25) is 5.02 Å². The first-order chi connectivity index (χ1) is 9.44. The first-order valence-electron chi connectivity index (χ1n) is 6.08. The molecule has 0 spiro atoms. The Labute approximate surface area is 121 Å². The van der Waals surface area contributed by atoms with Crippen molar-refractivity contribution in [3.8, 4) is 5.75 Å². The lowest BCUT2D eigenvalue weighted by Crippen LogP contribution is -2.36. The van der Waals surface area contributed by atoms with Crippen molar-refractivity contribution in [3.05, 3.63) is 22.7 Å². The lowest BCUT2D eigenvalue weighted by molar-refractivity contribution is -0.119. The highest BCUT2D eigenvalue weighted by molar-refractivity contribution is 6.31. The Kier molecular flexibility index (Phi) is 3.76. The first-order valence-corrected chi connectivity index (χ1v) is 6.46.